The SMILES string of the molecule is O=C(Nc1ccc(-c2ccccc2-c2ncnc3sccc23)cc1)c1nnn(-c2cc(C(F)(F)F)ccc2Cl)c1C(F)(F)F. The number of hydrogen-bond donors (Lipinski definition) is 1. The van der Waals surface area contributed by atoms with E-state index < -0.39 is 45.9 Å². The van der Waals surface area contributed by atoms with Crippen molar-refractivity contribution in [2.24, 2.45) is 0 Å². The van der Waals surface area contributed by atoms with E-state index in [0.717, 1.165) is 38.7 Å². The summed E-state index contributed by atoms with van der Waals surface area (Å²) in [5.74, 6) is -1.28. The van der Waals surface area contributed by atoms with E-state index in [4.69, 9.17) is 11.6 Å². The van der Waals surface area contributed by atoms with Crippen LogP contribution in [-0.2, 0) is 12.4 Å². The normalized spacial score (nSPS) is 12.1. The Morgan fingerprint density at radius 3 is 2.30 bits per heavy atom. The lowest BCUT2D eigenvalue weighted by Gasteiger charge is -2.14. The van der Waals surface area contributed by atoms with Crippen LogP contribution in [0.25, 0.3) is 38.3 Å². The molecule has 3 aromatic carbocycles. The predicted molar refractivity (Wildman–Crippen MR) is 153 cm³/mol. The first-order chi connectivity index (χ1) is 20.9. The molecule has 0 aliphatic carbocycles. The number of carbonyl (C=O) groups is 1. The number of alkyl halides is 6. The molecule has 3 aromatic heterocycles. The summed E-state index contributed by atoms with van der Waals surface area (Å²) in [6, 6.07) is 17.6. The Bertz CT molecular complexity index is 2020. The number of benzene rings is 3. The number of hydrogen-bond acceptors (Lipinski definition) is 6. The van der Waals surface area contributed by atoms with Gasteiger partial charge in [0.25, 0.3) is 5.91 Å². The van der Waals surface area contributed by atoms with Crippen molar-refractivity contribution in [1.82, 2.24) is 25.0 Å². The van der Waals surface area contributed by atoms with Gasteiger partial charge in [-0.2, -0.15) is 26.3 Å². The van der Waals surface area contributed by atoms with Gasteiger partial charge in [-0.15, -0.1) is 16.4 Å². The molecular formula is C29H15ClF6N6OS. The molecule has 15 heteroatoms. The van der Waals surface area contributed by atoms with Crippen molar-refractivity contribution in [2.75, 3.05) is 5.32 Å². The van der Waals surface area contributed by atoms with Crippen LogP contribution in [0.1, 0.15) is 21.7 Å². The van der Waals surface area contributed by atoms with Crippen molar-refractivity contribution in [3.63, 3.8) is 0 Å². The Morgan fingerprint density at radius 2 is 1.59 bits per heavy atom. The van der Waals surface area contributed by atoms with Crippen LogP contribution < -0.4 is 5.32 Å². The molecule has 3 heterocycles. The van der Waals surface area contributed by atoms with E-state index in [0.29, 0.717) is 12.1 Å². The monoisotopic (exact) mass is 644 g/mol. The van der Waals surface area contributed by atoms with Crippen molar-refractivity contribution >= 4 is 44.7 Å². The van der Waals surface area contributed by atoms with Crippen LogP contribution in [-0.4, -0.2) is 30.9 Å². The van der Waals surface area contributed by atoms with Gasteiger partial charge >= 0.3 is 12.4 Å². The molecule has 6 aromatic rings. The van der Waals surface area contributed by atoms with Crippen LogP contribution in [0, 0.1) is 0 Å². The van der Waals surface area contributed by atoms with Gasteiger partial charge in [0.15, 0.2) is 11.4 Å². The number of rotatable bonds is 5. The average Bonchev–Trinajstić information content (AvgIpc) is 3.65. The molecule has 0 spiro atoms. The number of amides is 1. The topological polar surface area (TPSA) is 85.6 Å². The number of fused-ring (bicyclic) bond motifs is 1. The maximum absolute atomic E-state index is 14.1. The van der Waals surface area contributed by atoms with E-state index >= 15 is 0 Å². The molecule has 0 radical (unpaired) electrons. The summed E-state index contributed by atoms with van der Waals surface area (Å²) in [4.78, 5) is 22.6. The van der Waals surface area contributed by atoms with E-state index in [1.165, 1.54) is 29.8 Å². The highest BCUT2D eigenvalue weighted by atomic mass is 35.5. The highest BCUT2D eigenvalue weighted by Crippen LogP contribution is 2.38. The second-order valence-electron chi connectivity index (χ2n) is 9.30. The van der Waals surface area contributed by atoms with Gasteiger partial charge in [0.2, 0.25) is 0 Å². The smallest absolute Gasteiger partial charge is 0.321 e. The van der Waals surface area contributed by atoms with Gasteiger partial charge in [-0.25, -0.2) is 14.6 Å². The van der Waals surface area contributed by atoms with E-state index in [2.05, 4.69) is 25.6 Å². The first-order valence-corrected chi connectivity index (χ1v) is 13.8. The van der Waals surface area contributed by atoms with Gasteiger partial charge < -0.3 is 5.32 Å². The average molecular weight is 645 g/mol. The summed E-state index contributed by atoms with van der Waals surface area (Å²) >= 11 is 7.41. The molecule has 7 nitrogen and oxygen atoms in total. The van der Waals surface area contributed by atoms with Gasteiger partial charge in [0.05, 0.1) is 22.0 Å². The maximum Gasteiger partial charge on any atom is 0.435 e. The zero-order chi connectivity index (χ0) is 31.2. The van der Waals surface area contributed by atoms with Crippen LogP contribution in [0.5, 0.6) is 0 Å². The van der Waals surface area contributed by atoms with Crippen molar-refractivity contribution < 1.29 is 31.1 Å². The fourth-order valence-corrected chi connectivity index (χ4v) is 5.51. The zero-order valence-corrected chi connectivity index (χ0v) is 23.4. The first kappa shape index (κ1) is 29.3. The lowest BCUT2D eigenvalue weighted by Crippen LogP contribution is -2.21. The van der Waals surface area contributed by atoms with Crippen LogP contribution in [0.15, 0.2) is 84.5 Å². The molecule has 1 amide bonds. The van der Waals surface area contributed by atoms with E-state index in [1.807, 2.05) is 35.7 Å². The minimum atomic E-state index is -5.23. The van der Waals surface area contributed by atoms with Crippen molar-refractivity contribution in [2.45, 2.75) is 12.4 Å². The molecule has 44 heavy (non-hydrogen) atoms. The van der Waals surface area contributed by atoms with Crippen molar-refractivity contribution in [3.8, 4) is 28.1 Å². The molecule has 0 saturated heterocycles. The molecular weight excluding hydrogens is 630 g/mol. The molecule has 0 saturated carbocycles. The molecule has 6 rings (SSSR count). The summed E-state index contributed by atoms with van der Waals surface area (Å²) in [6.07, 6.45) is -8.61. The number of halogens is 7. The van der Waals surface area contributed by atoms with Gasteiger partial charge in [-0.1, -0.05) is 53.2 Å². The molecule has 0 fully saturated rings. The number of carbonyl (C=O) groups excluding carboxylic acids is 1. The minimum absolute atomic E-state index is 0.0735. The van der Waals surface area contributed by atoms with Crippen LogP contribution in [0.4, 0.5) is 32.0 Å². The highest BCUT2D eigenvalue weighted by Gasteiger charge is 2.43. The Balaban J connectivity index is 1.31. The lowest BCUT2D eigenvalue weighted by molar-refractivity contribution is -0.143. The van der Waals surface area contributed by atoms with Crippen LogP contribution in [0.2, 0.25) is 5.02 Å². The lowest BCUT2D eigenvalue weighted by atomic mass is 9.96. The number of aromatic nitrogens is 5. The van der Waals surface area contributed by atoms with Gasteiger partial charge in [-0.3, -0.25) is 4.79 Å². The molecule has 222 valence electrons. The second kappa shape index (κ2) is 11.0. The predicted octanol–water partition coefficient (Wildman–Crippen LogP) is 8.55. The standard InChI is InChI=1S/C29H15ClF6N6OS/c30-21-10-7-16(28(31,32)33)13-22(21)42-25(29(34,35)36)24(40-41-42)26(43)39-17-8-5-15(6-9-17)18-3-1-2-4-19(18)23-20-11-12-44-27(20)38-14-37-23/h1-14H,(H,39,43). The first-order valence-electron chi connectivity index (χ1n) is 12.5. The number of anilines is 1. The molecule has 0 unspecified atom stereocenters. The molecule has 0 aliphatic heterocycles. The third-order valence-corrected chi connectivity index (χ3v) is 7.69. The molecule has 0 bridgehead atoms. The molecule has 0 aliphatic rings. The van der Waals surface area contributed by atoms with E-state index in [9.17, 15) is 31.1 Å². The third-order valence-electron chi connectivity index (χ3n) is 6.55. The van der Waals surface area contributed by atoms with Crippen molar-refractivity contribution in [1.29, 1.82) is 0 Å². The minimum Gasteiger partial charge on any atom is -0.321 e. The quantitative estimate of drug-likeness (QED) is 0.190. The van der Waals surface area contributed by atoms with Gasteiger partial charge in [0.1, 0.15) is 11.2 Å². The number of thiophene rings is 1. The fraction of sp³-hybridized carbons (Fsp3) is 0.0690. The summed E-state index contributed by atoms with van der Waals surface area (Å²) in [6.45, 7) is 0. The van der Waals surface area contributed by atoms with Crippen LogP contribution in [0.3, 0.4) is 0 Å². The largest absolute Gasteiger partial charge is 0.435 e. The Kier molecular flexibility index (Phi) is 7.33. The maximum atomic E-state index is 14.1. The third kappa shape index (κ3) is 5.49. The Labute approximate surface area is 252 Å². The second-order valence-corrected chi connectivity index (χ2v) is 10.6. The van der Waals surface area contributed by atoms with E-state index in [1.54, 1.807) is 12.1 Å². The van der Waals surface area contributed by atoms with Gasteiger partial charge in [0, 0.05) is 16.6 Å². The van der Waals surface area contributed by atoms with E-state index in [-0.39, 0.29) is 10.4 Å². The summed E-state index contributed by atoms with van der Waals surface area (Å²) in [7, 11) is 0. The van der Waals surface area contributed by atoms with Crippen molar-refractivity contribution in [3.05, 3.63) is 106 Å². The highest BCUT2D eigenvalue weighted by molar-refractivity contribution is 7.16. The van der Waals surface area contributed by atoms with Gasteiger partial charge in [-0.05, 0) is 52.9 Å². The summed E-state index contributed by atoms with van der Waals surface area (Å²) in [5.41, 5.74) is -1.59. The summed E-state index contributed by atoms with van der Waals surface area (Å²) < 4.78 is 82.2. The fourth-order valence-electron chi connectivity index (χ4n) is 4.58. The zero-order valence-electron chi connectivity index (χ0n) is 21.8. The molecule has 1 N–H and O–H groups in total. The summed E-state index contributed by atoms with van der Waals surface area (Å²) in [5, 5.41) is 11.4. The Morgan fingerprint density at radius 1 is 0.864 bits per heavy atom. The van der Waals surface area contributed by atoms with Crippen LogP contribution >= 0.6 is 22.9 Å². The molecule has 0 atom stereocenters. The number of nitrogens with zero attached hydrogens (tertiary/aromatic N) is 5. The number of nitrogens with one attached hydrogen (secondary N) is 1. The Hall–Kier alpha value is -4.82.